The monoisotopic (exact) mass is 284 g/mol. The highest BCUT2D eigenvalue weighted by Crippen LogP contribution is 2.45. The molecule has 1 aliphatic heterocycles. The van der Waals surface area contributed by atoms with Crippen LogP contribution in [0.25, 0.3) is 0 Å². The summed E-state index contributed by atoms with van der Waals surface area (Å²) in [5.41, 5.74) is 1.64. The summed E-state index contributed by atoms with van der Waals surface area (Å²) in [5, 5.41) is 7.26. The van der Waals surface area contributed by atoms with Crippen molar-refractivity contribution in [2.24, 2.45) is 5.41 Å². The summed E-state index contributed by atoms with van der Waals surface area (Å²) < 4.78 is 0. The van der Waals surface area contributed by atoms with Gasteiger partial charge in [-0.25, -0.2) is 4.98 Å². The van der Waals surface area contributed by atoms with Gasteiger partial charge in [-0.2, -0.15) is 11.8 Å². The third-order valence-corrected chi connectivity index (χ3v) is 6.21. The van der Waals surface area contributed by atoms with Crippen molar-refractivity contribution in [1.29, 1.82) is 0 Å². The van der Waals surface area contributed by atoms with Gasteiger partial charge < -0.3 is 5.32 Å². The first-order valence-corrected chi connectivity index (χ1v) is 8.76. The Morgan fingerprint density at radius 2 is 2.17 bits per heavy atom. The topological polar surface area (TPSA) is 24.9 Å². The highest BCUT2D eigenvalue weighted by atomic mass is 32.2. The van der Waals surface area contributed by atoms with Gasteiger partial charge >= 0.3 is 0 Å². The third-order valence-electron chi connectivity index (χ3n) is 3.36. The first-order chi connectivity index (χ1) is 8.47. The summed E-state index contributed by atoms with van der Waals surface area (Å²) in [6.07, 6.45) is 2.37. The molecular formula is C14H24N2S2. The zero-order chi connectivity index (χ0) is 13.2. The molecule has 1 aromatic rings. The van der Waals surface area contributed by atoms with Crippen molar-refractivity contribution in [2.75, 3.05) is 18.1 Å². The van der Waals surface area contributed by atoms with Gasteiger partial charge in [0.2, 0.25) is 0 Å². The van der Waals surface area contributed by atoms with Crippen molar-refractivity contribution >= 4 is 23.1 Å². The number of thiazole rings is 1. The summed E-state index contributed by atoms with van der Waals surface area (Å²) in [7, 11) is 0. The Bertz CT molecular complexity index is 400. The molecule has 2 heterocycles. The lowest BCUT2D eigenvalue weighted by Gasteiger charge is -2.44. The first kappa shape index (κ1) is 14.4. The van der Waals surface area contributed by atoms with Gasteiger partial charge in [-0.05, 0) is 37.5 Å². The lowest BCUT2D eigenvalue weighted by atomic mass is 9.80. The fraction of sp³-hybridized carbons (Fsp3) is 0.786. The van der Waals surface area contributed by atoms with Crippen molar-refractivity contribution in [3.8, 4) is 0 Å². The van der Waals surface area contributed by atoms with Crippen LogP contribution in [0.4, 0.5) is 0 Å². The average molecular weight is 284 g/mol. The number of rotatable bonds is 4. The Labute approximate surface area is 119 Å². The van der Waals surface area contributed by atoms with Crippen LogP contribution in [0.2, 0.25) is 0 Å². The minimum Gasteiger partial charge on any atom is -0.305 e. The molecular weight excluding hydrogens is 260 g/mol. The number of hydrogen-bond acceptors (Lipinski definition) is 4. The molecule has 0 aliphatic carbocycles. The lowest BCUT2D eigenvalue weighted by molar-refractivity contribution is 0.224. The number of hydrogen-bond donors (Lipinski definition) is 1. The van der Waals surface area contributed by atoms with E-state index in [0.29, 0.717) is 5.41 Å². The molecule has 1 unspecified atom stereocenters. The zero-order valence-corrected chi connectivity index (χ0v) is 13.5. The van der Waals surface area contributed by atoms with Gasteiger partial charge in [-0.15, -0.1) is 11.3 Å². The maximum absolute atomic E-state index is 4.77. The largest absolute Gasteiger partial charge is 0.305 e. The van der Waals surface area contributed by atoms with E-state index in [1.54, 1.807) is 0 Å². The molecule has 2 rings (SSSR count). The van der Waals surface area contributed by atoms with E-state index in [4.69, 9.17) is 4.98 Å². The van der Waals surface area contributed by atoms with Crippen molar-refractivity contribution in [1.82, 2.24) is 10.3 Å². The van der Waals surface area contributed by atoms with Crippen LogP contribution in [-0.2, 0) is 5.54 Å². The maximum atomic E-state index is 4.77. The van der Waals surface area contributed by atoms with E-state index in [1.165, 1.54) is 23.6 Å². The summed E-state index contributed by atoms with van der Waals surface area (Å²) in [6.45, 7) is 10.2. The van der Waals surface area contributed by atoms with Gasteiger partial charge in [-0.1, -0.05) is 20.8 Å². The zero-order valence-electron chi connectivity index (χ0n) is 11.9. The molecule has 102 valence electrons. The molecule has 1 atom stereocenters. The quantitative estimate of drug-likeness (QED) is 0.910. The molecule has 2 nitrogen and oxygen atoms in total. The summed E-state index contributed by atoms with van der Waals surface area (Å²) in [5.74, 6) is 2.41. The Morgan fingerprint density at radius 1 is 1.39 bits per heavy atom. The molecule has 0 amide bonds. The number of aryl methyl sites for hydroxylation is 1. The van der Waals surface area contributed by atoms with Crippen LogP contribution in [0.1, 0.15) is 44.3 Å². The lowest BCUT2D eigenvalue weighted by Crippen LogP contribution is -2.51. The van der Waals surface area contributed by atoms with E-state index in [-0.39, 0.29) is 5.54 Å². The van der Waals surface area contributed by atoms with E-state index >= 15 is 0 Å². The molecule has 1 saturated heterocycles. The molecule has 0 saturated carbocycles. The fourth-order valence-electron chi connectivity index (χ4n) is 2.69. The van der Waals surface area contributed by atoms with Gasteiger partial charge in [0.15, 0.2) is 0 Å². The molecule has 0 bridgehead atoms. The molecule has 0 radical (unpaired) electrons. The number of thioether (sulfide) groups is 1. The second-order valence-corrected chi connectivity index (χ2v) is 7.98. The van der Waals surface area contributed by atoms with Gasteiger partial charge in [0.25, 0.3) is 0 Å². The van der Waals surface area contributed by atoms with Crippen LogP contribution >= 0.6 is 23.1 Å². The third kappa shape index (κ3) is 3.09. The highest BCUT2D eigenvalue weighted by Gasteiger charge is 2.43. The van der Waals surface area contributed by atoms with Crippen LogP contribution in [0.3, 0.4) is 0 Å². The molecule has 0 aromatic carbocycles. The van der Waals surface area contributed by atoms with Crippen LogP contribution in [0.15, 0.2) is 5.38 Å². The van der Waals surface area contributed by atoms with Crippen LogP contribution in [0.5, 0.6) is 0 Å². The Hall–Kier alpha value is -0.0600. The van der Waals surface area contributed by atoms with E-state index in [0.717, 1.165) is 18.0 Å². The Kier molecular flexibility index (Phi) is 4.40. The smallest absolute Gasteiger partial charge is 0.114 e. The standard InChI is InChI=1S/C14H24N2S2/c1-5-6-15-14(12-16-11(2)7-18-12)8-13(3,4)9-17-10-14/h7,15H,5-6,8-10H2,1-4H3. The van der Waals surface area contributed by atoms with Gasteiger partial charge in [0.1, 0.15) is 5.01 Å². The predicted molar refractivity (Wildman–Crippen MR) is 82.5 cm³/mol. The van der Waals surface area contributed by atoms with Crippen LogP contribution in [-0.4, -0.2) is 23.0 Å². The predicted octanol–water partition coefficient (Wildman–Crippen LogP) is 3.81. The molecule has 1 N–H and O–H groups in total. The Balaban J connectivity index is 2.28. The van der Waals surface area contributed by atoms with Crippen LogP contribution in [0, 0.1) is 12.3 Å². The van der Waals surface area contributed by atoms with Gasteiger partial charge in [-0.3, -0.25) is 0 Å². The van der Waals surface area contributed by atoms with Crippen molar-refractivity contribution in [3.05, 3.63) is 16.1 Å². The van der Waals surface area contributed by atoms with E-state index < -0.39 is 0 Å². The maximum Gasteiger partial charge on any atom is 0.114 e. The van der Waals surface area contributed by atoms with Crippen molar-refractivity contribution in [2.45, 2.75) is 46.1 Å². The number of aromatic nitrogens is 1. The van der Waals surface area contributed by atoms with Crippen LogP contribution < -0.4 is 5.32 Å². The Morgan fingerprint density at radius 3 is 2.72 bits per heavy atom. The molecule has 1 fully saturated rings. The number of nitrogens with one attached hydrogen (secondary N) is 1. The SMILES string of the molecule is CCCNC1(c2nc(C)cs2)CSCC(C)(C)C1. The van der Waals surface area contributed by atoms with Gasteiger partial charge in [0.05, 0.1) is 5.54 Å². The average Bonchev–Trinajstić information content (AvgIpc) is 2.72. The molecule has 0 spiro atoms. The minimum atomic E-state index is 0.0986. The number of nitrogens with zero attached hydrogens (tertiary/aromatic N) is 1. The molecule has 4 heteroatoms. The minimum absolute atomic E-state index is 0.0986. The molecule has 18 heavy (non-hydrogen) atoms. The summed E-state index contributed by atoms with van der Waals surface area (Å²) in [6, 6.07) is 0. The summed E-state index contributed by atoms with van der Waals surface area (Å²) >= 11 is 3.89. The van der Waals surface area contributed by atoms with E-state index in [9.17, 15) is 0 Å². The first-order valence-electron chi connectivity index (χ1n) is 6.73. The summed E-state index contributed by atoms with van der Waals surface area (Å²) in [4.78, 5) is 4.77. The highest BCUT2D eigenvalue weighted by molar-refractivity contribution is 7.99. The van der Waals surface area contributed by atoms with Gasteiger partial charge in [0, 0.05) is 16.8 Å². The normalized spacial score (nSPS) is 27.3. The van der Waals surface area contributed by atoms with Crippen molar-refractivity contribution < 1.29 is 0 Å². The molecule has 1 aromatic heterocycles. The van der Waals surface area contributed by atoms with Crippen molar-refractivity contribution in [3.63, 3.8) is 0 Å². The fourth-order valence-corrected chi connectivity index (χ4v) is 5.20. The molecule has 1 aliphatic rings. The second kappa shape index (κ2) is 5.51. The van der Waals surface area contributed by atoms with E-state index in [1.807, 2.05) is 11.3 Å². The second-order valence-electron chi connectivity index (χ2n) is 6.14. The van der Waals surface area contributed by atoms with E-state index in [2.05, 4.69) is 50.2 Å².